The fourth-order valence-corrected chi connectivity index (χ4v) is 4.85. The number of amides is 3. The molecule has 6 nitrogen and oxygen atoms in total. The van der Waals surface area contributed by atoms with Crippen LogP contribution in [-0.4, -0.2) is 31.6 Å². The van der Waals surface area contributed by atoms with Crippen LogP contribution in [0.3, 0.4) is 0 Å². The van der Waals surface area contributed by atoms with Gasteiger partial charge in [-0.05, 0) is 72.3 Å². The smallest absolute Gasteiger partial charge is 0.325 e. The fraction of sp³-hybridized carbons (Fsp3) is 0.188. The Hall–Kier alpha value is -4.23. The summed E-state index contributed by atoms with van der Waals surface area (Å²) in [6, 6.07) is 33.8. The van der Waals surface area contributed by atoms with Crippen molar-refractivity contribution < 1.29 is 14.3 Å². The zero-order valence-electron chi connectivity index (χ0n) is 22.2. The van der Waals surface area contributed by atoms with E-state index in [4.69, 9.17) is 4.74 Å². The molecule has 4 aromatic rings. The van der Waals surface area contributed by atoms with Gasteiger partial charge in [-0.15, -0.1) is 0 Å². The molecular weight excluding hydrogens is 506 g/mol. The number of carbonyl (C=O) groups excluding carboxylic acids is 2. The molecule has 0 aliphatic rings. The van der Waals surface area contributed by atoms with E-state index in [1.165, 1.54) is 11.9 Å². The van der Waals surface area contributed by atoms with Crippen molar-refractivity contribution in [1.29, 1.82) is 0 Å². The molecule has 1 atom stereocenters. The molecule has 2 N–H and O–H groups in total. The molecule has 0 fully saturated rings. The summed E-state index contributed by atoms with van der Waals surface area (Å²) in [5.74, 6) is 0.525. The van der Waals surface area contributed by atoms with Gasteiger partial charge in [-0.1, -0.05) is 78.9 Å². The molecule has 7 heteroatoms. The summed E-state index contributed by atoms with van der Waals surface area (Å²) in [4.78, 5) is 29.8. The number of rotatable bonds is 11. The normalized spacial score (nSPS) is 11.3. The average molecular weight is 540 g/mol. The topological polar surface area (TPSA) is 70.7 Å². The summed E-state index contributed by atoms with van der Waals surface area (Å²) in [5, 5.41) is 2.94. The molecule has 0 spiro atoms. The number of urea groups is 1. The lowest BCUT2D eigenvalue weighted by atomic mass is 10.0. The van der Waals surface area contributed by atoms with Crippen molar-refractivity contribution in [1.82, 2.24) is 10.0 Å². The first-order chi connectivity index (χ1) is 19.0. The maximum absolute atomic E-state index is 14.1. The van der Waals surface area contributed by atoms with Gasteiger partial charge in [-0.25, -0.2) is 4.79 Å². The third-order valence-electron chi connectivity index (χ3n) is 6.35. The van der Waals surface area contributed by atoms with E-state index in [1.54, 1.807) is 12.0 Å². The van der Waals surface area contributed by atoms with Crippen LogP contribution in [0.15, 0.2) is 114 Å². The van der Waals surface area contributed by atoms with E-state index in [-0.39, 0.29) is 5.91 Å². The average Bonchev–Trinajstić information content (AvgIpc) is 2.98. The molecule has 3 amide bonds. The third kappa shape index (κ3) is 8.12. The molecule has 1 unspecified atom stereocenters. The predicted molar refractivity (Wildman–Crippen MR) is 158 cm³/mol. The van der Waals surface area contributed by atoms with Crippen LogP contribution < -0.4 is 19.7 Å². The lowest BCUT2D eigenvalue weighted by Crippen LogP contribution is -2.52. The van der Waals surface area contributed by atoms with Gasteiger partial charge in [0.1, 0.15) is 11.8 Å². The number of nitrogens with zero attached hydrogens (tertiary/aromatic N) is 1. The lowest BCUT2D eigenvalue weighted by molar-refractivity contribution is -0.120. The minimum atomic E-state index is -0.775. The first-order valence-electron chi connectivity index (χ1n) is 12.9. The van der Waals surface area contributed by atoms with Crippen molar-refractivity contribution in [3.63, 3.8) is 0 Å². The lowest BCUT2D eigenvalue weighted by Gasteiger charge is -2.28. The monoisotopic (exact) mass is 539 g/mol. The summed E-state index contributed by atoms with van der Waals surface area (Å²) in [6.45, 7) is 2.45. The Bertz CT molecular complexity index is 1350. The molecule has 4 rings (SSSR count). The number of anilines is 1. The van der Waals surface area contributed by atoms with E-state index in [9.17, 15) is 9.59 Å². The Morgan fingerprint density at radius 1 is 0.821 bits per heavy atom. The van der Waals surface area contributed by atoms with Gasteiger partial charge in [0.2, 0.25) is 5.91 Å². The van der Waals surface area contributed by atoms with Crippen LogP contribution in [-0.2, 0) is 17.6 Å². The van der Waals surface area contributed by atoms with E-state index in [2.05, 4.69) is 10.0 Å². The van der Waals surface area contributed by atoms with Crippen molar-refractivity contribution in [2.45, 2.75) is 30.7 Å². The van der Waals surface area contributed by atoms with Crippen molar-refractivity contribution in [2.75, 3.05) is 18.6 Å². The summed E-state index contributed by atoms with van der Waals surface area (Å²) in [6.07, 6.45) is 1.03. The highest BCUT2D eigenvalue weighted by molar-refractivity contribution is 7.98. The number of aryl methyl sites for hydroxylation is 1. The van der Waals surface area contributed by atoms with Crippen LogP contribution in [0.4, 0.5) is 10.5 Å². The van der Waals surface area contributed by atoms with Gasteiger partial charge in [-0.2, -0.15) is 0 Å². The van der Waals surface area contributed by atoms with Crippen LogP contribution in [0.2, 0.25) is 0 Å². The largest absolute Gasteiger partial charge is 0.497 e. The Labute approximate surface area is 234 Å². The Morgan fingerprint density at radius 2 is 1.44 bits per heavy atom. The third-order valence-corrected chi connectivity index (χ3v) is 7.32. The van der Waals surface area contributed by atoms with E-state index < -0.39 is 12.1 Å². The number of carbonyl (C=O) groups is 2. The molecule has 0 saturated carbocycles. The molecule has 39 heavy (non-hydrogen) atoms. The van der Waals surface area contributed by atoms with Crippen molar-refractivity contribution in [3.8, 4) is 5.75 Å². The van der Waals surface area contributed by atoms with Crippen LogP contribution >= 0.6 is 11.9 Å². The zero-order chi connectivity index (χ0) is 27.5. The highest BCUT2D eigenvalue weighted by Gasteiger charge is 2.27. The number of hydrogen-bond acceptors (Lipinski definition) is 4. The molecule has 0 aliphatic heterocycles. The Kier molecular flexibility index (Phi) is 10.0. The van der Waals surface area contributed by atoms with E-state index in [1.807, 2.05) is 116 Å². The summed E-state index contributed by atoms with van der Waals surface area (Å²) >= 11 is 1.23. The molecule has 0 saturated heterocycles. The van der Waals surface area contributed by atoms with Crippen molar-refractivity contribution in [2.24, 2.45) is 0 Å². The SMILES string of the molecule is COc1ccc(N(CCc2ccccc2)C(=O)C(Cc2ccccc2)NC(=O)NSc2ccccc2C)cc1. The summed E-state index contributed by atoms with van der Waals surface area (Å²) in [5.41, 5.74) is 3.89. The number of hydrogen-bond donors (Lipinski definition) is 2. The first kappa shape index (κ1) is 27.8. The second-order valence-corrected chi connectivity index (χ2v) is 9.96. The number of benzene rings is 4. The quantitative estimate of drug-likeness (QED) is 0.223. The van der Waals surface area contributed by atoms with Crippen LogP contribution in [0.1, 0.15) is 16.7 Å². The summed E-state index contributed by atoms with van der Waals surface area (Å²) < 4.78 is 8.16. The molecule has 0 heterocycles. The van der Waals surface area contributed by atoms with Gasteiger partial charge < -0.3 is 15.0 Å². The van der Waals surface area contributed by atoms with Crippen LogP contribution in [0.25, 0.3) is 0 Å². The second kappa shape index (κ2) is 14.1. The zero-order valence-corrected chi connectivity index (χ0v) is 23.0. The molecule has 4 aromatic carbocycles. The maximum Gasteiger partial charge on any atom is 0.325 e. The van der Waals surface area contributed by atoms with Gasteiger partial charge in [0.15, 0.2) is 0 Å². The van der Waals surface area contributed by atoms with Gasteiger partial charge >= 0.3 is 6.03 Å². The molecule has 0 bridgehead atoms. The van der Waals surface area contributed by atoms with Gasteiger partial charge in [-0.3, -0.25) is 9.52 Å². The van der Waals surface area contributed by atoms with E-state index >= 15 is 0 Å². The van der Waals surface area contributed by atoms with Crippen molar-refractivity contribution >= 4 is 29.6 Å². The van der Waals surface area contributed by atoms with Gasteiger partial charge in [0.05, 0.1) is 7.11 Å². The number of nitrogens with one attached hydrogen (secondary N) is 2. The summed E-state index contributed by atoms with van der Waals surface area (Å²) in [7, 11) is 1.61. The molecule has 0 aliphatic carbocycles. The van der Waals surface area contributed by atoms with Gasteiger partial charge in [0, 0.05) is 23.5 Å². The molecule has 0 radical (unpaired) electrons. The Balaban J connectivity index is 1.56. The minimum absolute atomic E-state index is 0.184. The van der Waals surface area contributed by atoms with Gasteiger partial charge in [0.25, 0.3) is 0 Å². The van der Waals surface area contributed by atoms with Crippen LogP contribution in [0.5, 0.6) is 5.75 Å². The first-order valence-corrected chi connectivity index (χ1v) is 13.7. The minimum Gasteiger partial charge on any atom is -0.497 e. The molecular formula is C32H33N3O3S. The standard InChI is InChI=1S/C32H33N3O3S/c1-24-11-9-10-16-30(24)39-34-32(37)33-29(23-26-14-7-4-8-15-26)31(36)35(22-21-25-12-5-3-6-13-25)27-17-19-28(38-2)20-18-27/h3-20,29H,21-23H2,1-2H3,(H2,33,34,37). The number of methoxy groups -OCH3 is 1. The highest BCUT2D eigenvalue weighted by atomic mass is 32.2. The predicted octanol–water partition coefficient (Wildman–Crippen LogP) is 6.20. The second-order valence-electron chi connectivity index (χ2n) is 9.11. The fourth-order valence-electron chi connectivity index (χ4n) is 4.21. The molecule has 0 aromatic heterocycles. The van der Waals surface area contributed by atoms with E-state index in [0.717, 1.165) is 27.3 Å². The number of ether oxygens (including phenoxy) is 1. The van der Waals surface area contributed by atoms with Crippen molar-refractivity contribution in [3.05, 3.63) is 126 Å². The molecule has 200 valence electrons. The van der Waals surface area contributed by atoms with E-state index in [0.29, 0.717) is 25.1 Å². The maximum atomic E-state index is 14.1. The highest BCUT2D eigenvalue weighted by Crippen LogP contribution is 2.22. The Morgan fingerprint density at radius 3 is 2.08 bits per heavy atom. The van der Waals surface area contributed by atoms with Crippen LogP contribution in [0, 0.1) is 6.92 Å².